The minimum atomic E-state index is -0.965. The van der Waals surface area contributed by atoms with Gasteiger partial charge in [-0.2, -0.15) is 0 Å². The molecule has 104 valence electrons. The zero-order chi connectivity index (χ0) is 14.4. The van der Waals surface area contributed by atoms with Gasteiger partial charge in [-0.15, -0.1) is 0 Å². The van der Waals surface area contributed by atoms with Gasteiger partial charge < -0.3 is 15.1 Å². The van der Waals surface area contributed by atoms with E-state index in [-0.39, 0.29) is 5.56 Å². The van der Waals surface area contributed by atoms with Crippen LogP contribution in [0.2, 0.25) is 0 Å². The van der Waals surface area contributed by atoms with Gasteiger partial charge in [-0.05, 0) is 30.7 Å². The summed E-state index contributed by atoms with van der Waals surface area (Å²) in [6.07, 6.45) is 0.896. The minimum Gasteiger partial charge on any atom is -0.481 e. The average molecular weight is 265 g/mol. The lowest BCUT2D eigenvalue weighted by molar-refractivity contribution is -0.140. The number of aromatic carboxylic acids is 1. The van der Waals surface area contributed by atoms with Crippen LogP contribution in [0.25, 0.3) is 0 Å². The van der Waals surface area contributed by atoms with E-state index >= 15 is 0 Å². The predicted octanol–water partition coefficient (Wildman–Crippen LogP) is 2.32. The molecule has 0 fully saturated rings. The van der Waals surface area contributed by atoms with Gasteiger partial charge in [0.25, 0.3) is 0 Å². The van der Waals surface area contributed by atoms with Crippen LogP contribution in [-0.2, 0) is 4.79 Å². The first kappa shape index (κ1) is 15.0. The van der Waals surface area contributed by atoms with E-state index in [1.54, 1.807) is 19.1 Å². The molecule has 0 radical (unpaired) electrons. The second kappa shape index (κ2) is 6.78. The lowest BCUT2D eigenvalue weighted by Gasteiger charge is -2.26. The zero-order valence-corrected chi connectivity index (χ0v) is 11.2. The molecule has 0 spiro atoms. The van der Waals surface area contributed by atoms with Gasteiger partial charge in [0.2, 0.25) is 0 Å². The number of aliphatic carboxylic acids is 1. The smallest absolute Gasteiger partial charge is 0.335 e. The van der Waals surface area contributed by atoms with Crippen LogP contribution in [0.3, 0.4) is 0 Å². The van der Waals surface area contributed by atoms with E-state index in [0.29, 0.717) is 6.54 Å². The third-order valence-corrected chi connectivity index (χ3v) is 2.89. The van der Waals surface area contributed by atoms with Gasteiger partial charge in [-0.1, -0.05) is 13.8 Å². The monoisotopic (exact) mass is 265 g/mol. The fourth-order valence-electron chi connectivity index (χ4n) is 1.82. The second-order valence-corrected chi connectivity index (χ2v) is 4.54. The van der Waals surface area contributed by atoms with Gasteiger partial charge in [0.15, 0.2) is 0 Å². The largest absolute Gasteiger partial charge is 0.481 e. The summed E-state index contributed by atoms with van der Waals surface area (Å²) in [5.41, 5.74) is 1.08. The highest BCUT2D eigenvalue weighted by molar-refractivity contribution is 5.88. The molecule has 0 aromatic heterocycles. The van der Waals surface area contributed by atoms with Gasteiger partial charge in [0.1, 0.15) is 0 Å². The molecule has 0 aliphatic carbocycles. The van der Waals surface area contributed by atoms with E-state index in [1.807, 2.05) is 11.8 Å². The summed E-state index contributed by atoms with van der Waals surface area (Å²) in [6.45, 7) is 4.83. The Balaban J connectivity index is 2.86. The molecule has 0 bridgehead atoms. The van der Waals surface area contributed by atoms with E-state index in [9.17, 15) is 9.59 Å². The van der Waals surface area contributed by atoms with Crippen molar-refractivity contribution in [2.24, 2.45) is 5.92 Å². The van der Waals surface area contributed by atoms with Gasteiger partial charge >= 0.3 is 11.9 Å². The van der Waals surface area contributed by atoms with E-state index in [4.69, 9.17) is 10.2 Å². The molecule has 1 aromatic rings. The number of rotatable bonds is 7. The van der Waals surface area contributed by atoms with Crippen LogP contribution in [0.4, 0.5) is 5.69 Å². The standard InChI is InChI=1S/C14H19NO4/c1-3-8-15(9-10(2)13(16)17)12-6-4-11(5-7-12)14(18)19/h4-7,10H,3,8-9H2,1-2H3,(H,16,17)(H,18,19). The van der Waals surface area contributed by atoms with Crippen molar-refractivity contribution in [3.8, 4) is 0 Å². The van der Waals surface area contributed by atoms with Crippen molar-refractivity contribution >= 4 is 17.6 Å². The molecule has 0 saturated carbocycles. The molecule has 0 heterocycles. The second-order valence-electron chi connectivity index (χ2n) is 4.54. The fourth-order valence-corrected chi connectivity index (χ4v) is 1.82. The van der Waals surface area contributed by atoms with E-state index in [2.05, 4.69) is 0 Å². The topological polar surface area (TPSA) is 77.8 Å². The molecule has 0 amide bonds. The molecule has 0 aliphatic heterocycles. The summed E-state index contributed by atoms with van der Waals surface area (Å²) in [6, 6.07) is 6.50. The molecule has 2 N–H and O–H groups in total. The Morgan fingerprint density at radius 3 is 2.21 bits per heavy atom. The molecule has 1 unspecified atom stereocenters. The van der Waals surface area contributed by atoms with Crippen LogP contribution < -0.4 is 4.90 Å². The fraction of sp³-hybridized carbons (Fsp3) is 0.429. The first-order valence-corrected chi connectivity index (χ1v) is 6.26. The lowest BCUT2D eigenvalue weighted by atomic mass is 10.1. The van der Waals surface area contributed by atoms with Gasteiger partial charge in [-0.25, -0.2) is 4.79 Å². The number of nitrogens with zero attached hydrogens (tertiary/aromatic N) is 1. The summed E-state index contributed by atoms with van der Waals surface area (Å²) in [5.74, 6) is -2.26. The lowest BCUT2D eigenvalue weighted by Crippen LogP contribution is -2.32. The summed E-state index contributed by atoms with van der Waals surface area (Å²) in [7, 11) is 0. The molecule has 1 atom stereocenters. The van der Waals surface area contributed by atoms with Gasteiger partial charge in [-0.3, -0.25) is 4.79 Å². The molecule has 0 aliphatic rings. The highest BCUT2D eigenvalue weighted by Crippen LogP contribution is 2.17. The van der Waals surface area contributed by atoms with Crippen molar-refractivity contribution in [3.05, 3.63) is 29.8 Å². The van der Waals surface area contributed by atoms with Crippen LogP contribution in [0.15, 0.2) is 24.3 Å². The molecular weight excluding hydrogens is 246 g/mol. The molecule has 1 aromatic carbocycles. The van der Waals surface area contributed by atoms with Crippen LogP contribution >= 0.6 is 0 Å². The maximum atomic E-state index is 10.9. The Hall–Kier alpha value is -2.04. The summed E-state index contributed by atoms with van der Waals surface area (Å²) < 4.78 is 0. The van der Waals surface area contributed by atoms with Gasteiger partial charge in [0, 0.05) is 18.8 Å². The molecule has 19 heavy (non-hydrogen) atoms. The van der Waals surface area contributed by atoms with E-state index in [1.165, 1.54) is 12.1 Å². The number of carboxylic acid groups (broad SMARTS) is 2. The third kappa shape index (κ3) is 4.28. The first-order chi connectivity index (χ1) is 8.95. The van der Waals surface area contributed by atoms with E-state index < -0.39 is 17.9 Å². The van der Waals surface area contributed by atoms with Gasteiger partial charge in [0.05, 0.1) is 11.5 Å². The Morgan fingerprint density at radius 1 is 1.21 bits per heavy atom. The number of anilines is 1. The average Bonchev–Trinajstić information content (AvgIpc) is 2.38. The maximum absolute atomic E-state index is 10.9. The number of carboxylic acids is 2. The Kier molecular flexibility index (Phi) is 5.36. The first-order valence-electron chi connectivity index (χ1n) is 6.26. The van der Waals surface area contributed by atoms with Crippen molar-refractivity contribution in [2.45, 2.75) is 20.3 Å². The highest BCUT2D eigenvalue weighted by Gasteiger charge is 2.16. The number of hydrogen-bond acceptors (Lipinski definition) is 3. The van der Waals surface area contributed by atoms with Crippen molar-refractivity contribution in [3.63, 3.8) is 0 Å². The molecule has 1 rings (SSSR count). The summed E-state index contributed by atoms with van der Waals surface area (Å²) >= 11 is 0. The summed E-state index contributed by atoms with van der Waals surface area (Å²) in [5, 5.41) is 17.8. The van der Waals surface area contributed by atoms with Crippen LogP contribution in [0, 0.1) is 5.92 Å². The normalized spacial score (nSPS) is 11.9. The minimum absolute atomic E-state index is 0.228. The zero-order valence-electron chi connectivity index (χ0n) is 11.2. The number of carbonyl (C=O) groups is 2. The molecular formula is C14H19NO4. The van der Waals surface area contributed by atoms with Crippen molar-refractivity contribution in [2.75, 3.05) is 18.0 Å². The van der Waals surface area contributed by atoms with Crippen LogP contribution in [0.1, 0.15) is 30.6 Å². The summed E-state index contributed by atoms with van der Waals surface area (Å²) in [4.78, 5) is 23.7. The molecule has 0 saturated heterocycles. The van der Waals surface area contributed by atoms with Crippen LogP contribution in [-0.4, -0.2) is 35.2 Å². The van der Waals surface area contributed by atoms with Crippen LogP contribution in [0.5, 0.6) is 0 Å². The third-order valence-electron chi connectivity index (χ3n) is 2.89. The predicted molar refractivity (Wildman–Crippen MR) is 72.7 cm³/mol. The number of benzene rings is 1. The maximum Gasteiger partial charge on any atom is 0.335 e. The van der Waals surface area contributed by atoms with Crippen molar-refractivity contribution < 1.29 is 19.8 Å². The van der Waals surface area contributed by atoms with E-state index in [0.717, 1.165) is 18.7 Å². The van der Waals surface area contributed by atoms with Crippen molar-refractivity contribution in [1.82, 2.24) is 0 Å². The highest BCUT2D eigenvalue weighted by atomic mass is 16.4. The Bertz CT molecular complexity index is 441. The molecule has 5 nitrogen and oxygen atoms in total. The number of hydrogen-bond donors (Lipinski definition) is 2. The van der Waals surface area contributed by atoms with Crippen molar-refractivity contribution in [1.29, 1.82) is 0 Å². The molecule has 5 heteroatoms. The Labute approximate surface area is 112 Å². The quantitative estimate of drug-likeness (QED) is 0.791. The Morgan fingerprint density at radius 2 is 1.79 bits per heavy atom. The SMILES string of the molecule is CCCN(CC(C)C(=O)O)c1ccc(C(=O)O)cc1.